The van der Waals surface area contributed by atoms with Crippen LogP contribution in [0.1, 0.15) is 5.56 Å². The number of aryl methyl sites for hydroxylation is 1. The van der Waals surface area contributed by atoms with Crippen molar-refractivity contribution < 1.29 is 13.3 Å². The second-order valence-corrected chi connectivity index (χ2v) is 5.41. The molecule has 0 N–H and O–H groups in total. The van der Waals surface area contributed by atoms with E-state index in [-0.39, 0.29) is 5.88 Å². The van der Waals surface area contributed by atoms with Crippen LogP contribution >= 0.6 is 0 Å². The zero-order valence-corrected chi connectivity index (χ0v) is 12.5. The van der Waals surface area contributed by atoms with Crippen LogP contribution in [0.4, 0.5) is 11.6 Å². The van der Waals surface area contributed by atoms with Crippen LogP contribution in [0.5, 0.6) is 0 Å². The van der Waals surface area contributed by atoms with Crippen LogP contribution in [0.25, 0.3) is 11.4 Å². The highest BCUT2D eigenvalue weighted by atomic mass is 32.2. The normalized spacial score (nSPS) is 12.1. The molecule has 0 saturated heterocycles. The van der Waals surface area contributed by atoms with Gasteiger partial charge in [0.1, 0.15) is 5.69 Å². The summed E-state index contributed by atoms with van der Waals surface area (Å²) in [4.78, 5) is 4.16. The predicted molar refractivity (Wildman–Crippen MR) is 82.0 cm³/mol. The van der Waals surface area contributed by atoms with Gasteiger partial charge in [-0.3, -0.25) is 9.19 Å². The molecule has 3 rings (SSSR count). The van der Waals surface area contributed by atoms with Crippen molar-refractivity contribution in [3.05, 3.63) is 60.3 Å². The van der Waals surface area contributed by atoms with Gasteiger partial charge >= 0.3 is 0 Å². The van der Waals surface area contributed by atoms with Crippen molar-refractivity contribution in [2.24, 2.45) is 0 Å². The standard InChI is InChI=1S/C15H13N3O3S/c1-11-5-7-12(8-6-11)18(22(19)20)15-10-14(17-21-15)13-4-2-3-9-16-13/h2-10H,1H3,(H,19,20)/p-1. The molecule has 1 aromatic carbocycles. The molecule has 0 aliphatic rings. The Kier molecular flexibility index (Phi) is 3.99. The summed E-state index contributed by atoms with van der Waals surface area (Å²) >= 11 is -2.53. The minimum absolute atomic E-state index is 0.109. The summed E-state index contributed by atoms with van der Waals surface area (Å²) in [5.74, 6) is 0.109. The first-order chi connectivity index (χ1) is 10.6. The Hall–Kier alpha value is -2.51. The molecule has 2 heterocycles. The third kappa shape index (κ3) is 2.90. The van der Waals surface area contributed by atoms with Gasteiger partial charge in [0.15, 0.2) is 0 Å². The number of rotatable bonds is 4. The number of pyridine rings is 1. The van der Waals surface area contributed by atoms with E-state index in [1.54, 1.807) is 30.5 Å². The topological polar surface area (TPSA) is 82.3 Å². The third-order valence-corrected chi connectivity index (χ3v) is 3.73. The van der Waals surface area contributed by atoms with Crippen LogP contribution in [-0.4, -0.2) is 18.9 Å². The maximum atomic E-state index is 11.6. The monoisotopic (exact) mass is 314 g/mol. The molecule has 0 aliphatic carbocycles. The third-order valence-electron chi connectivity index (χ3n) is 3.04. The number of nitrogens with zero attached hydrogens (tertiary/aromatic N) is 3. The average Bonchev–Trinajstić information content (AvgIpc) is 2.99. The SMILES string of the molecule is Cc1ccc(N(c2cc(-c3ccccn3)no2)S(=O)[O-])cc1. The molecule has 7 heteroatoms. The van der Waals surface area contributed by atoms with Crippen molar-refractivity contribution >= 4 is 22.8 Å². The van der Waals surface area contributed by atoms with Crippen LogP contribution in [0.15, 0.2) is 59.3 Å². The Morgan fingerprint density at radius 3 is 2.55 bits per heavy atom. The average molecular weight is 314 g/mol. The van der Waals surface area contributed by atoms with E-state index < -0.39 is 11.3 Å². The van der Waals surface area contributed by atoms with Gasteiger partial charge in [0, 0.05) is 12.3 Å². The molecule has 0 saturated carbocycles. The smallest absolute Gasteiger partial charge is 0.243 e. The van der Waals surface area contributed by atoms with Gasteiger partial charge in [0.25, 0.3) is 0 Å². The lowest BCUT2D eigenvalue weighted by atomic mass is 10.2. The number of anilines is 2. The quantitative estimate of drug-likeness (QED) is 0.691. The van der Waals surface area contributed by atoms with E-state index in [0.29, 0.717) is 17.1 Å². The highest BCUT2D eigenvalue weighted by molar-refractivity contribution is 7.81. The molecule has 0 radical (unpaired) electrons. The summed E-state index contributed by atoms with van der Waals surface area (Å²) in [5, 5.41) is 3.88. The van der Waals surface area contributed by atoms with Crippen molar-refractivity contribution in [1.82, 2.24) is 10.1 Å². The fourth-order valence-electron chi connectivity index (χ4n) is 1.96. The number of benzene rings is 1. The Bertz CT molecular complexity index is 787. The van der Waals surface area contributed by atoms with Gasteiger partial charge in [0.05, 0.1) is 22.6 Å². The Morgan fingerprint density at radius 2 is 1.91 bits per heavy atom. The van der Waals surface area contributed by atoms with Crippen LogP contribution < -0.4 is 4.31 Å². The van der Waals surface area contributed by atoms with Crippen LogP contribution in [0, 0.1) is 6.92 Å². The van der Waals surface area contributed by atoms with Crippen molar-refractivity contribution in [3.8, 4) is 11.4 Å². The van der Waals surface area contributed by atoms with E-state index in [2.05, 4.69) is 10.1 Å². The largest absolute Gasteiger partial charge is 0.755 e. The molecule has 22 heavy (non-hydrogen) atoms. The summed E-state index contributed by atoms with van der Waals surface area (Å²) in [6.07, 6.45) is 1.63. The van der Waals surface area contributed by atoms with Crippen molar-refractivity contribution in [3.63, 3.8) is 0 Å². The number of aromatic nitrogens is 2. The van der Waals surface area contributed by atoms with Gasteiger partial charge < -0.3 is 9.08 Å². The highest BCUT2D eigenvalue weighted by Crippen LogP contribution is 2.30. The molecule has 0 aliphatic heterocycles. The second kappa shape index (κ2) is 6.08. The lowest BCUT2D eigenvalue weighted by Gasteiger charge is -2.22. The molecule has 1 unspecified atom stereocenters. The van der Waals surface area contributed by atoms with Gasteiger partial charge in [-0.05, 0) is 31.2 Å². The summed E-state index contributed by atoms with van der Waals surface area (Å²) in [6, 6.07) is 14.0. The molecule has 3 aromatic rings. The summed E-state index contributed by atoms with van der Waals surface area (Å²) in [5.41, 5.74) is 2.59. The summed E-state index contributed by atoms with van der Waals surface area (Å²) in [6.45, 7) is 1.93. The molecule has 1 atom stereocenters. The van der Waals surface area contributed by atoms with Gasteiger partial charge in [-0.2, -0.15) is 0 Å². The molecule has 0 amide bonds. The van der Waals surface area contributed by atoms with E-state index in [1.165, 1.54) is 6.07 Å². The van der Waals surface area contributed by atoms with E-state index in [0.717, 1.165) is 9.87 Å². The zero-order valence-electron chi connectivity index (χ0n) is 11.7. The predicted octanol–water partition coefficient (Wildman–Crippen LogP) is 2.98. The maximum Gasteiger partial charge on any atom is 0.243 e. The van der Waals surface area contributed by atoms with Gasteiger partial charge in [-0.1, -0.05) is 28.9 Å². The molecular formula is C15H12N3O3S-. The minimum Gasteiger partial charge on any atom is -0.755 e. The summed E-state index contributed by atoms with van der Waals surface area (Å²) in [7, 11) is 0. The zero-order chi connectivity index (χ0) is 15.5. The molecular weight excluding hydrogens is 302 g/mol. The van der Waals surface area contributed by atoms with E-state index in [1.807, 2.05) is 25.1 Å². The molecule has 2 aromatic heterocycles. The Labute approximate surface area is 129 Å². The molecule has 0 fully saturated rings. The Morgan fingerprint density at radius 1 is 1.14 bits per heavy atom. The van der Waals surface area contributed by atoms with Crippen LogP contribution in [0.2, 0.25) is 0 Å². The lowest BCUT2D eigenvalue weighted by Crippen LogP contribution is -2.18. The van der Waals surface area contributed by atoms with Crippen LogP contribution in [-0.2, 0) is 11.3 Å². The highest BCUT2D eigenvalue weighted by Gasteiger charge is 2.17. The van der Waals surface area contributed by atoms with Gasteiger partial charge in [-0.15, -0.1) is 0 Å². The number of hydrogen-bond donors (Lipinski definition) is 0. The maximum absolute atomic E-state index is 11.6. The number of hydrogen-bond acceptors (Lipinski definition) is 5. The summed E-state index contributed by atoms with van der Waals surface area (Å²) < 4.78 is 29.3. The first-order valence-corrected chi connectivity index (χ1v) is 7.52. The fraction of sp³-hybridized carbons (Fsp3) is 0.0667. The first kappa shape index (κ1) is 14.4. The van der Waals surface area contributed by atoms with Crippen molar-refractivity contribution in [2.75, 3.05) is 4.31 Å². The van der Waals surface area contributed by atoms with Crippen molar-refractivity contribution in [2.45, 2.75) is 6.92 Å². The molecule has 0 bridgehead atoms. The van der Waals surface area contributed by atoms with Gasteiger partial charge in [-0.25, -0.2) is 4.31 Å². The van der Waals surface area contributed by atoms with Crippen LogP contribution in [0.3, 0.4) is 0 Å². The second-order valence-electron chi connectivity index (χ2n) is 4.61. The van der Waals surface area contributed by atoms with E-state index in [4.69, 9.17) is 4.52 Å². The molecule has 6 nitrogen and oxygen atoms in total. The van der Waals surface area contributed by atoms with E-state index >= 15 is 0 Å². The minimum atomic E-state index is -2.53. The molecule has 112 valence electrons. The fourth-order valence-corrected chi connectivity index (χ4v) is 2.49. The first-order valence-electron chi connectivity index (χ1n) is 6.49. The van der Waals surface area contributed by atoms with Gasteiger partial charge in [0.2, 0.25) is 5.88 Å². The van der Waals surface area contributed by atoms with E-state index in [9.17, 15) is 8.76 Å². The molecule has 0 spiro atoms. The Balaban J connectivity index is 1.98. The van der Waals surface area contributed by atoms with Crippen molar-refractivity contribution in [1.29, 1.82) is 0 Å². The lowest BCUT2D eigenvalue weighted by molar-refractivity contribution is 0.430.